The van der Waals surface area contributed by atoms with Gasteiger partial charge in [0.05, 0.1) is 59.8 Å². The maximum Gasteiger partial charge on any atom is 0.318 e. The molecular formula is C58H48ClFN10O10S2. The molecule has 0 aliphatic carbocycles. The number of aliphatic carboxylic acids is 2. The van der Waals surface area contributed by atoms with E-state index in [0.717, 1.165) is 22.5 Å². The fourth-order valence-corrected chi connectivity index (χ4v) is 13.0. The molecule has 1 saturated heterocycles. The monoisotopic (exact) mass is 1160 g/mol. The molecule has 0 radical (unpaired) electrons. The SMILES string of the molecule is CC(CC1CC(C(=O)O)CN(S(=O)(=O)c2ccc(C#Cc3ccc(-c4cc(C(=O)NN)c5cnccc5n4)cc3)c(Cl)c2)C1)CN(CC(=O)O)S(=O)(=O)c1ccc(C#Cc2ccc(-c3cc(C(=O)NN)c4cnccc4n3)cc2)c(F)c1. The van der Waals surface area contributed by atoms with Crippen LogP contribution in [0.3, 0.4) is 0 Å². The fraction of sp³-hybridized carbons (Fsp3) is 0.172. The van der Waals surface area contributed by atoms with E-state index in [2.05, 4.69) is 54.5 Å². The van der Waals surface area contributed by atoms with Gasteiger partial charge in [-0.15, -0.1) is 0 Å². The van der Waals surface area contributed by atoms with Gasteiger partial charge in [0.15, 0.2) is 0 Å². The lowest BCUT2D eigenvalue weighted by molar-refractivity contribution is -0.143. The summed E-state index contributed by atoms with van der Waals surface area (Å²) in [6.07, 6.45) is 6.28. The molecule has 5 heterocycles. The zero-order valence-corrected chi connectivity index (χ0v) is 45.6. The maximum atomic E-state index is 15.7. The van der Waals surface area contributed by atoms with Crippen LogP contribution in [-0.2, 0) is 29.6 Å². The van der Waals surface area contributed by atoms with Crippen molar-refractivity contribution in [3.63, 3.8) is 0 Å². The quantitative estimate of drug-likeness (QED) is 0.0287. The molecule has 24 heteroatoms. The first-order valence-corrected chi connectivity index (χ1v) is 28.3. The molecule has 82 heavy (non-hydrogen) atoms. The smallest absolute Gasteiger partial charge is 0.318 e. The summed E-state index contributed by atoms with van der Waals surface area (Å²) in [6, 6.07) is 27.2. The number of carbonyl (C=O) groups is 4. The number of piperidine rings is 1. The molecule has 4 aromatic carbocycles. The van der Waals surface area contributed by atoms with Crippen molar-refractivity contribution in [2.75, 3.05) is 26.2 Å². The third kappa shape index (κ3) is 12.8. The highest BCUT2D eigenvalue weighted by atomic mass is 35.5. The van der Waals surface area contributed by atoms with Crippen molar-refractivity contribution < 1.29 is 50.6 Å². The second-order valence-corrected chi connectivity index (χ2v) is 23.6. The summed E-state index contributed by atoms with van der Waals surface area (Å²) in [5, 5.41) is 21.0. The summed E-state index contributed by atoms with van der Waals surface area (Å²) >= 11 is 6.62. The molecule has 416 valence electrons. The molecule has 1 aliphatic rings. The van der Waals surface area contributed by atoms with Crippen molar-refractivity contribution in [2.45, 2.75) is 29.6 Å². The number of nitrogens with one attached hydrogen (secondary N) is 2. The number of nitrogens with zero attached hydrogens (tertiary/aromatic N) is 6. The number of fused-ring (bicyclic) bond motifs is 2. The summed E-state index contributed by atoms with van der Waals surface area (Å²) in [6.45, 7) is -0.249. The Balaban J connectivity index is 0.854. The Bertz CT molecular complexity index is 4230. The Morgan fingerprint density at radius 3 is 1.74 bits per heavy atom. The number of nitrogens with two attached hydrogens (primary N) is 2. The highest BCUT2D eigenvalue weighted by Gasteiger charge is 2.39. The van der Waals surface area contributed by atoms with Gasteiger partial charge < -0.3 is 10.2 Å². The lowest BCUT2D eigenvalue weighted by Gasteiger charge is -2.37. The summed E-state index contributed by atoms with van der Waals surface area (Å²) in [5.41, 5.74) is 9.39. The van der Waals surface area contributed by atoms with Crippen molar-refractivity contribution in [3.05, 3.63) is 178 Å². The summed E-state index contributed by atoms with van der Waals surface area (Å²) in [4.78, 5) is 66.3. The Morgan fingerprint density at radius 2 is 1.24 bits per heavy atom. The molecule has 3 atom stereocenters. The number of sulfonamides is 2. The van der Waals surface area contributed by atoms with Gasteiger partial charge in [-0.1, -0.05) is 66.5 Å². The van der Waals surface area contributed by atoms with E-state index in [9.17, 15) is 46.2 Å². The number of hydrogen-bond donors (Lipinski definition) is 6. The van der Waals surface area contributed by atoms with Crippen molar-refractivity contribution >= 4 is 77.2 Å². The van der Waals surface area contributed by atoms with E-state index in [4.69, 9.17) is 23.3 Å². The summed E-state index contributed by atoms with van der Waals surface area (Å²) in [7, 11) is -9.02. The second-order valence-electron chi connectivity index (χ2n) is 19.3. The van der Waals surface area contributed by atoms with Crippen molar-refractivity contribution in [3.8, 4) is 46.2 Å². The topological polar surface area (TPSA) is 311 Å². The number of benzene rings is 4. The molecule has 3 unspecified atom stereocenters. The standard InChI is InChI=1S/C58H48ClFN10O10S2/c1-34(30-69(33-55(71)72)82(79,80)44-17-15-39(50(60)25-44)9-3-36-6-12-41(13-7-36)54-27-46(57(74)68-62)48-29-64-21-19-52(48)66-54)22-37-23-42(58(75)76)32-70(31-37)81(77,78)43-16-14-38(49(59)24-43)8-2-35-4-10-40(11-5-35)53-26-45(56(73)67-61)47-28-63-20-18-51(47)65-53/h4-7,10-21,24-29,34,37,42H,22-23,30-33,61-62H2,1H3,(H,67,73)(H,68,74)(H,71,72)(H,75,76). The maximum absolute atomic E-state index is 15.7. The Morgan fingerprint density at radius 1 is 0.720 bits per heavy atom. The number of hydrogen-bond acceptors (Lipinski definition) is 14. The number of amides is 2. The molecule has 0 bridgehead atoms. The number of rotatable bonds is 15. The van der Waals surface area contributed by atoms with E-state index < -0.39 is 78.8 Å². The van der Waals surface area contributed by atoms with Gasteiger partial charge in [0.2, 0.25) is 20.0 Å². The van der Waals surface area contributed by atoms with E-state index >= 15 is 4.39 Å². The largest absolute Gasteiger partial charge is 0.481 e. The predicted octanol–water partition coefficient (Wildman–Crippen LogP) is 6.22. The highest BCUT2D eigenvalue weighted by molar-refractivity contribution is 7.89. The third-order valence-corrected chi connectivity index (χ3v) is 17.5. The molecule has 1 fully saturated rings. The van der Waals surface area contributed by atoms with E-state index in [1.807, 2.05) is 0 Å². The van der Waals surface area contributed by atoms with Crippen LogP contribution >= 0.6 is 11.6 Å². The van der Waals surface area contributed by atoms with Crippen LogP contribution in [0.1, 0.15) is 62.7 Å². The molecule has 9 rings (SSSR count). The van der Waals surface area contributed by atoms with Crippen LogP contribution in [-0.4, -0.2) is 106 Å². The number of aromatic nitrogens is 4. The number of carboxylic acid groups (broad SMARTS) is 2. The fourth-order valence-electron chi connectivity index (χ4n) is 9.60. The van der Waals surface area contributed by atoms with Crippen LogP contribution in [0.15, 0.2) is 144 Å². The van der Waals surface area contributed by atoms with Gasteiger partial charge in [0.25, 0.3) is 11.8 Å². The highest BCUT2D eigenvalue weighted by Crippen LogP contribution is 2.34. The van der Waals surface area contributed by atoms with E-state index in [0.29, 0.717) is 70.9 Å². The molecule has 0 spiro atoms. The van der Waals surface area contributed by atoms with Crippen molar-refractivity contribution in [1.29, 1.82) is 0 Å². The summed E-state index contributed by atoms with van der Waals surface area (Å²) < 4.78 is 73.9. The molecule has 1 aliphatic heterocycles. The minimum absolute atomic E-state index is 0.0130. The van der Waals surface area contributed by atoms with Crippen LogP contribution in [0.2, 0.25) is 5.02 Å². The molecule has 0 saturated carbocycles. The average Bonchev–Trinajstić information content (AvgIpc) is 3.64. The summed E-state index contributed by atoms with van der Waals surface area (Å²) in [5.74, 6) is 15.2. The third-order valence-electron chi connectivity index (χ3n) is 13.6. The van der Waals surface area contributed by atoms with E-state index in [-0.39, 0.29) is 53.5 Å². The van der Waals surface area contributed by atoms with E-state index in [1.165, 1.54) is 30.6 Å². The molecule has 2 amide bonds. The van der Waals surface area contributed by atoms with Crippen molar-refractivity contribution in [1.82, 2.24) is 39.4 Å². The Kier molecular flexibility index (Phi) is 17.1. The molecular weight excluding hydrogens is 1120 g/mol. The van der Waals surface area contributed by atoms with Gasteiger partial charge in [0.1, 0.15) is 12.4 Å². The zero-order valence-electron chi connectivity index (χ0n) is 43.2. The van der Waals surface area contributed by atoms with Gasteiger partial charge in [-0.3, -0.25) is 40.0 Å². The van der Waals surface area contributed by atoms with Gasteiger partial charge in [-0.25, -0.2) is 42.9 Å². The first kappa shape index (κ1) is 57.6. The van der Waals surface area contributed by atoms with Gasteiger partial charge in [-0.05, 0) is 110 Å². The molecule has 4 aromatic heterocycles. The van der Waals surface area contributed by atoms with Crippen LogP contribution in [0.5, 0.6) is 0 Å². The minimum Gasteiger partial charge on any atom is -0.481 e. The van der Waals surface area contributed by atoms with Crippen LogP contribution in [0.25, 0.3) is 44.3 Å². The number of nitrogen functional groups attached to an aromatic ring is 2. The number of carboxylic acids is 2. The minimum atomic E-state index is -4.66. The van der Waals surface area contributed by atoms with E-state index in [1.54, 1.807) is 92.1 Å². The van der Waals surface area contributed by atoms with Gasteiger partial charge in [0, 0.05) is 83.0 Å². The first-order chi connectivity index (χ1) is 39.2. The number of halogens is 2. The van der Waals surface area contributed by atoms with Crippen molar-refractivity contribution in [2.24, 2.45) is 29.4 Å². The predicted molar refractivity (Wildman–Crippen MR) is 301 cm³/mol. The number of pyridine rings is 4. The molecule has 8 N–H and O–H groups in total. The van der Waals surface area contributed by atoms with Gasteiger partial charge >= 0.3 is 11.9 Å². The first-order valence-electron chi connectivity index (χ1n) is 25.0. The van der Waals surface area contributed by atoms with Gasteiger partial charge in [-0.2, -0.15) is 8.61 Å². The van der Waals surface area contributed by atoms with Crippen LogP contribution < -0.4 is 22.5 Å². The number of carbonyl (C=O) groups excluding carboxylic acids is 2. The van der Waals surface area contributed by atoms with Crippen LogP contribution in [0.4, 0.5) is 4.39 Å². The lowest BCUT2D eigenvalue weighted by Crippen LogP contribution is -2.47. The Hall–Kier alpha value is -9.04. The molecule has 8 aromatic rings. The van der Waals surface area contributed by atoms with Crippen LogP contribution in [0, 0.1) is 47.3 Å². The molecule has 20 nitrogen and oxygen atoms in total. The normalized spacial score (nSPS) is 15.0. The Labute approximate surface area is 474 Å². The number of hydrazine groups is 2. The lowest BCUT2D eigenvalue weighted by atomic mass is 9.84. The average molecular weight is 1160 g/mol. The zero-order chi connectivity index (χ0) is 58.5. The second kappa shape index (κ2) is 24.4.